The van der Waals surface area contributed by atoms with E-state index in [0.29, 0.717) is 17.7 Å². The van der Waals surface area contributed by atoms with Gasteiger partial charge in [0.05, 0.1) is 23.7 Å². The second kappa shape index (κ2) is 7.55. The minimum atomic E-state index is -0.314. The number of benzene rings is 2. The SMILES string of the molecule is CCN(C)C=Nc1cc(F)cc(Cc2ccccc2C#N)c1C. The fourth-order valence-corrected chi connectivity index (χ4v) is 2.27. The molecule has 0 aliphatic carbocycles. The van der Waals surface area contributed by atoms with Crippen LogP contribution in [0.15, 0.2) is 41.4 Å². The largest absolute Gasteiger partial charge is 0.366 e. The lowest BCUT2D eigenvalue weighted by atomic mass is 9.96. The van der Waals surface area contributed by atoms with Crippen molar-refractivity contribution in [3.63, 3.8) is 0 Å². The summed E-state index contributed by atoms with van der Waals surface area (Å²) in [5.41, 5.74) is 3.91. The lowest BCUT2D eigenvalue weighted by Gasteiger charge is -2.12. The van der Waals surface area contributed by atoms with Crippen molar-refractivity contribution >= 4 is 12.0 Å². The van der Waals surface area contributed by atoms with Crippen LogP contribution in [-0.2, 0) is 6.42 Å². The van der Waals surface area contributed by atoms with Crippen LogP contribution >= 0.6 is 0 Å². The predicted octanol–water partition coefficient (Wildman–Crippen LogP) is 4.21. The molecule has 0 amide bonds. The summed E-state index contributed by atoms with van der Waals surface area (Å²) >= 11 is 0. The molecule has 0 atom stereocenters. The van der Waals surface area contributed by atoms with Gasteiger partial charge in [0, 0.05) is 13.6 Å². The van der Waals surface area contributed by atoms with E-state index in [1.807, 2.05) is 44.0 Å². The second-order valence-corrected chi connectivity index (χ2v) is 5.47. The molecule has 0 N–H and O–H groups in total. The van der Waals surface area contributed by atoms with Crippen LogP contribution in [0.1, 0.15) is 29.2 Å². The minimum absolute atomic E-state index is 0.314. The Balaban J connectivity index is 2.38. The zero-order valence-corrected chi connectivity index (χ0v) is 13.7. The molecule has 0 heterocycles. The van der Waals surface area contributed by atoms with E-state index in [1.165, 1.54) is 12.1 Å². The number of nitriles is 1. The molecule has 0 fully saturated rings. The van der Waals surface area contributed by atoms with Gasteiger partial charge in [-0.3, -0.25) is 0 Å². The maximum atomic E-state index is 13.9. The number of aliphatic imine (C=N–C) groups is 1. The van der Waals surface area contributed by atoms with E-state index in [2.05, 4.69) is 11.1 Å². The topological polar surface area (TPSA) is 39.4 Å². The third-order valence-electron chi connectivity index (χ3n) is 3.86. The van der Waals surface area contributed by atoms with Crippen LogP contribution in [-0.4, -0.2) is 24.8 Å². The molecule has 0 bridgehead atoms. The summed E-state index contributed by atoms with van der Waals surface area (Å²) in [6.45, 7) is 4.79. The molecule has 118 valence electrons. The number of rotatable bonds is 5. The Labute approximate surface area is 136 Å². The third-order valence-corrected chi connectivity index (χ3v) is 3.86. The van der Waals surface area contributed by atoms with Crippen LogP contribution in [0.2, 0.25) is 0 Å². The fourth-order valence-electron chi connectivity index (χ4n) is 2.27. The Morgan fingerprint density at radius 2 is 2.00 bits per heavy atom. The summed E-state index contributed by atoms with van der Waals surface area (Å²) in [6.07, 6.45) is 2.22. The Morgan fingerprint density at radius 1 is 1.26 bits per heavy atom. The molecule has 2 aromatic rings. The van der Waals surface area contributed by atoms with Crippen LogP contribution in [0.3, 0.4) is 0 Å². The summed E-state index contributed by atoms with van der Waals surface area (Å²) in [4.78, 5) is 6.30. The van der Waals surface area contributed by atoms with Gasteiger partial charge >= 0.3 is 0 Å². The number of halogens is 1. The summed E-state index contributed by atoms with van der Waals surface area (Å²) in [5, 5.41) is 9.19. The van der Waals surface area contributed by atoms with Crippen LogP contribution in [0.4, 0.5) is 10.1 Å². The van der Waals surface area contributed by atoms with Crippen molar-refractivity contribution in [3.8, 4) is 6.07 Å². The summed E-state index contributed by atoms with van der Waals surface area (Å²) in [5.74, 6) is -0.314. The highest BCUT2D eigenvalue weighted by Gasteiger charge is 2.10. The maximum Gasteiger partial charge on any atom is 0.125 e. The molecule has 3 nitrogen and oxygen atoms in total. The molecule has 23 heavy (non-hydrogen) atoms. The quantitative estimate of drug-likeness (QED) is 0.613. The molecular formula is C19H20FN3. The van der Waals surface area contributed by atoms with Crippen molar-refractivity contribution in [3.05, 3.63) is 64.5 Å². The van der Waals surface area contributed by atoms with E-state index < -0.39 is 0 Å². The molecule has 0 saturated heterocycles. The number of hydrogen-bond acceptors (Lipinski definition) is 2. The summed E-state index contributed by atoms with van der Waals surface area (Å²) in [6, 6.07) is 12.5. The Kier molecular flexibility index (Phi) is 5.48. The Bertz CT molecular complexity index is 760. The molecule has 0 unspecified atom stereocenters. The normalized spacial score (nSPS) is 10.7. The van der Waals surface area contributed by atoms with E-state index >= 15 is 0 Å². The molecule has 0 spiro atoms. The van der Waals surface area contributed by atoms with Crippen molar-refractivity contribution in [2.24, 2.45) is 4.99 Å². The van der Waals surface area contributed by atoms with Gasteiger partial charge in [-0.2, -0.15) is 5.26 Å². The molecule has 0 aromatic heterocycles. The molecule has 2 rings (SSSR count). The Hall–Kier alpha value is -2.67. The first-order valence-corrected chi connectivity index (χ1v) is 7.56. The molecule has 0 radical (unpaired) electrons. The van der Waals surface area contributed by atoms with Gasteiger partial charge in [0.15, 0.2) is 0 Å². The van der Waals surface area contributed by atoms with E-state index in [0.717, 1.165) is 23.2 Å². The van der Waals surface area contributed by atoms with Crippen molar-refractivity contribution < 1.29 is 4.39 Å². The first-order valence-electron chi connectivity index (χ1n) is 7.56. The van der Waals surface area contributed by atoms with Crippen molar-refractivity contribution in [2.75, 3.05) is 13.6 Å². The van der Waals surface area contributed by atoms with Crippen LogP contribution in [0.5, 0.6) is 0 Å². The standard InChI is InChI=1S/C19H20FN3/c1-4-23(3)13-22-19-11-18(20)10-17(14(19)2)9-15-7-5-6-8-16(15)12-21/h5-8,10-11,13H,4,9H2,1-3H3. The van der Waals surface area contributed by atoms with Gasteiger partial charge in [-0.25, -0.2) is 9.38 Å². The minimum Gasteiger partial charge on any atom is -0.366 e. The zero-order valence-electron chi connectivity index (χ0n) is 13.7. The smallest absolute Gasteiger partial charge is 0.125 e. The van der Waals surface area contributed by atoms with E-state index in [1.54, 1.807) is 12.4 Å². The van der Waals surface area contributed by atoms with Gasteiger partial charge in [0.2, 0.25) is 0 Å². The Morgan fingerprint density at radius 3 is 2.70 bits per heavy atom. The highest BCUT2D eigenvalue weighted by atomic mass is 19.1. The molecule has 0 aliphatic rings. The molecule has 0 aliphatic heterocycles. The van der Waals surface area contributed by atoms with Gasteiger partial charge in [-0.05, 0) is 55.2 Å². The van der Waals surface area contributed by atoms with Crippen molar-refractivity contribution in [1.29, 1.82) is 5.26 Å². The highest BCUT2D eigenvalue weighted by molar-refractivity contribution is 5.64. The molecule has 0 saturated carbocycles. The molecule has 4 heteroatoms. The van der Waals surface area contributed by atoms with Crippen molar-refractivity contribution in [2.45, 2.75) is 20.3 Å². The van der Waals surface area contributed by atoms with E-state index in [9.17, 15) is 9.65 Å². The monoisotopic (exact) mass is 309 g/mol. The first-order chi connectivity index (χ1) is 11.0. The average Bonchev–Trinajstić information content (AvgIpc) is 2.56. The lowest BCUT2D eigenvalue weighted by Crippen LogP contribution is -2.14. The van der Waals surface area contributed by atoms with Gasteiger partial charge in [0.1, 0.15) is 5.82 Å². The van der Waals surface area contributed by atoms with Gasteiger partial charge in [-0.15, -0.1) is 0 Å². The van der Waals surface area contributed by atoms with Gasteiger partial charge in [-0.1, -0.05) is 18.2 Å². The average molecular weight is 309 g/mol. The van der Waals surface area contributed by atoms with E-state index in [-0.39, 0.29) is 5.82 Å². The number of nitrogens with zero attached hydrogens (tertiary/aromatic N) is 3. The van der Waals surface area contributed by atoms with Crippen molar-refractivity contribution in [1.82, 2.24) is 4.90 Å². The summed E-state index contributed by atoms with van der Waals surface area (Å²) in [7, 11) is 1.92. The predicted molar refractivity (Wildman–Crippen MR) is 91.6 cm³/mol. The maximum absolute atomic E-state index is 13.9. The number of hydrogen-bond donors (Lipinski definition) is 0. The van der Waals surface area contributed by atoms with Crippen LogP contribution < -0.4 is 0 Å². The van der Waals surface area contributed by atoms with Gasteiger partial charge in [0.25, 0.3) is 0 Å². The van der Waals surface area contributed by atoms with Crippen LogP contribution in [0.25, 0.3) is 0 Å². The second-order valence-electron chi connectivity index (χ2n) is 5.47. The molecular weight excluding hydrogens is 289 g/mol. The van der Waals surface area contributed by atoms with E-state index in [4.69, 9.17) is 0 Å². The zero-order chi connectivity index (χ0) is 16.8. The lowest BCUT2D eigenvalue weighted by molar-refractivity contribution is 0.552. The third kappa shape index (κ3) is 4.17. The summed E-state index contributed by atoms with van der Waals surface area (Å²) < 4.78 is 13.9. The first kappa shape index (κ1) is 16.7. The highest BCUT2D eigenvalue weighted by Crippen LogP contribution is 2.26. The molecule has 2 aromatic carbocycles. The van der Waals surface area contributed by atoms with Crippen LogP contribution in [0, 0.1) is 24.1 Å². The van der Waals surface area contributed by atoms with Gasteiger partial charge < -0.3 is 4.90 Å². The fraction of sp³-hybridized carbons (Fsp3) is 0.263.